The summed E-state index contributed by atoms with van der Waals surface area (Å²) in [6.45, 7) is 12.6. The highest BCUT2D eigenvalue weighted by atomic mass is 16.5. The van der Waals surface area contributed by atoms with Crippen LogP contribution in [-0.2, 0) is 4.79 Å². The van der Waals surface area contributed by atoms with Crippen LogP contribution in [0.2, 0.25) is 0 Å². The molecule has 0 aliphatic carbocycles. The number of nitrogens with zero attached hydrogens (tertiary/aromatic N) is 3. The number of carbonyl (C=O) groups is 1. The minimum atomic E-state index is -0.420. The van der Waals surface area contributed by atoms with Crippen molar-refractivity contribution in [3.63, 3.8) is 0 Å². The summed E-state index contributed by atoms with van der Waals surface area (Å²) >= 11 is 0. The quantitative estimate of drug-likeness (QED) is 0.452. The minimum Gasteiger partial charge on any atom is -0.495 e. The molecule has 0 aliphatic heterocycles. The molecule has 6 heteroatoms. The standard InChI is InChI=1S/C28H37N3O3/c1-18-13-14-24(34-8)23(15-18)31-26(29-22-12-10-9-11-21(22)27(31)33)20(3)30(7)25(32)16-19(2)17-28(4,5)6/h9-15,19-20H,16-17H2,1-8H3. The fourth-order valence-corrected chi connectivity index (χ4v) is 4.59. The van der Waals surface area contributed by atoms with Crippen LogP contribution in [0.25, 0.3) is 16.6 Å². The van der Waals surface area contributed by atoms with Crippen LogP contribution in [0.5, 0.6) is 5.75 Å². The second kappa shape index (κ2) is 10.00. The highest BCUT2D eigenvalue weighted by Gasteiger charge is 2.27. The summed E-state index contributed by atoms with van der Waals surface area (Å²) < 4.78 is 7.19. The Bertz CT molecular complexity index is 1240. The SMILES string of the molecule is COc1ccc(C)cc1-n1c(C(C)N(C)C(=O)CC(C)CC(C)(C)C)nc2ccccc2c1=O. The van der Waals surface area contributed by atoms with Gasteiger partial charge in [-0.15, -0.1) is 0 Å². The highest BCUT2D eigenvalue weighted by Crippen LogP contribution is 2.30. The number of ether oxygens (including phenoxy) is 1. The first-order chi connectivity index (χ1) is 15.9. The second-order valence-electron chi connectivity index (χ2n) is 10.6. The number of benzene rings is 2. The highest BCUT2D eigenvalue weighted by molar-refractivity contribution is 5.79. The van der Waals surface area contributed by atoms with Gasteiger partial charge in [0.1, 0.15) is 11.6 Å². The van der Waals surface area contributed by atoms with Crippen LogP contribution in [0.3, 0.4) is 0 Å². The van der Waals surface area contributed by atoms with Gasteiger partial charge in [0.2, 0.25) is 5.91 Å². The van der Waals surface area contributed by atoms with E-state index < -0.39 is 6.04 Å². The molecule has 3 aromatic rings. The fraction of sp³-hybridized carbons (Fsp3) is 0.464. The maximum atomic E-state index is 13.7. The molecule has 0 spiro atoms. The Morgan fingerprint density at radius 1 is 1.15 bits per heavy atom. The van der Waals surface area contributed by atoms with Gasteiger partial charge in [0.05, 0.1) is 29.7 Å². The number of aryl methyl sites for hydroxylation is 1. The molecule has 1 amide bonds. The molecule has 0 radical (unpaired) electrons. The number of methoxy groups -OCH3 is 1. The van der Waals surface area contributed by atoms with Gasteiger partial charge in [-0.3, -0.25) is 14.2 Å². The first kappa shape index (κ1) is 25.5. The predicted octanol–water partition coefficient (Wildman–Crippen LogP) is 5.68. The van der Waals surface area contributed by atoms with Crippen LogP contribution in [0.15, 0.2) is 47.3 Å². The van der Waals surface area contributed by atoms with Gasteiger partial charge in [0, 0.05) is 13.5 Å². The van der Waals surface area contributed by atoms with E-state index in [2.05, 4.69) is 27.7 Å². The van der Waals surface area contributed by atoms with Crippen molar-refractivity contribution in [2.45, 2.75) is 60.4 Å². The van der Waals surface area contributed by atoms with Crippen LogP contribution in [0, 0.1) is 18.3 Å². The maximum absolute atomic E-state index is 13.7. The van der Waals surface area contributed by atoms with E-state index in [-0.39, 0.29) is 22.8 Å². The second-order valence-corrected chi connectivity index (χ2v) is 10.6. The van der Waals surface area contributed by atoms with Crippen LogP contribution in [0.1, 0.15) is 64.9 Å². The molecule has 1 heterocycles. The number of amides is 1. The molecule has 34 heavy (non-hydrogen) atoms. The minimum absolute atomic E-state index is 0.0365. The average molecular weight is 464 g/mol. The monoisotopic (exact) mass is 463 g/mol. The number of rotatable bonds is 7. The van der Waals surface area contributed by atoms with Crippen LogP contribution >= 0.6 is 0 Å². The van der Waals surface area contributed by atoms with E-state index >= 15 is 0 Å². The van der Waals surface area contributed by atoms with Crippen LogP contribution in [-0.4, -0.2) is 34.5 Å². The van der Waals surface area contributed by atoms with Crippen molar-refractivity contribution in [2.24, 2.45) is 11.3 Å². The molecule has 6 nitrogen and oxygen atoms in total. The van der Waals surface area contributed by atoms with Crippen molar-refractivity contribution < 1.29 is 9.53 Å². The zero-order valence-electron chi connectivity index (χ0n) is 21.7. The number of para-hydroxylation sites is 1. The summed E-state index contributed by atoms with van der Waals surface area (Å²) in [4.78, 5) is 33.5. The maximum Gasteiger partial charge on any atom is 0.266 e. The Kier molecular flexibility index (Phi) is 7.49. The number of hydrogen-bond donors (Lipinski definition) is 0. The third-order valence-electron chi connectivity index (χ3n) is 6.21. The zero-order valence-corrected chi connectivity index (χ0v) is 21.7. The molecule has 2 unspecified atom stereocenters. The molecule has 2 atom stereocenters. The average Bonchev–Trinajstić information content (AvgIpc) is 2.76. The Morgan fingerprint density at radius 2 is 1.82 bits per heavy atom. The van der Waals surface area contributed by atoms with Crippen molar-refractivity contribution in [3.8, 4) is 11.4 Å². The molecule has 1 aromatic heterocycles. The summed E-state index contributed by atoms with van der Waals surface area (Å²) in [6, 6.07) is 12.6. The van der Waals surface area contributed by atoms with Crippen molar-refractivity contribution >= 4 is 16.8 Å². The normalized spacial score (nSPS) is 13.5. The van der Waals surface area contributed by atoms with Crippen molar-refractivity contribution in [1.29, 1.82) is 0 Å². The molecule has 2 aromatic carbocycles. The van der Waals surface area contributed by atoms with Crippen LogP contribution < -0.4 is 10.3 Å². The van der Waals surface area contributed by atoms with E-state index in [1.807, 2.05) is 50.2 Å². The largest absolute Gasteiger partial charge is 0.495 e. The Balaban J connectivity index is 2.11. The lowest BCUT2D eigenvalue weighted by Crippen LogP contribution is -2.35. The molecule has 182 valence electrons. The van der Waals surface area contributed by atoms with Gasteiger partial charge in [-0.25, -0.2) is 4.98 Å². The zero-order chi connectivity index (χ0) is 25.2. The third kappa shape index (κ3) is 5.49. The summed E-state index contributed by atoms with van der Waals surface area (Å²) in [5.74, 6) is 1.37. The van der Waals surface area contributed by atoms with E-state index in [0.717, 1.165) is 12.0 Å². The Morgan fingerprint density at radius 3 is 2.47 bits per heavy atom. The number of aromatic nitrogens is 2. The van der Waals surface area contributed by atoms with E-state index in [4.69, 9.17) is 9.72 Å². The van der Waals surface area contributed by atoms with Gasteiger partial charge < -0.3 is 9.64 Å². The molecule has 0 aliphatic rings. The van der Waals surface area contributed by atoms with Gasteiger partial charge in [0.25, 0.3) is 5.56 Å². The molecule has 3 rings (SSSR count). The Labute approximate surface area is 202 Å². The van der Waals surface area contributed by atoms with Crippen molar-refractivity contribution in [2.75, 3.05) is 14.2 Å². The molecular weight excluding hydrogens is 426 g/mol. The molecule has 0 bridgehead atoms. The lowest BCUT2D eigenvalue weighted by Gasteiger charge is -2.29. The van der Waals surface area contributed by atoms with Crippen molar-refractivity contribution in [3.05, 3.63) is 64.2 Å². The number of hydrogen-bond acceptors (Lipinski definition) is 4. The third-order valence-corrected chi connectivity index (χ3v) is 6.21. The summed E-state index contributed by atoms with van der Waals surface area (Å²) in [5.41, 5.74) is 2.20. The Hall–Kier alpha value is -3.15. The molecule has 0 saturated carbocycles. The van der Waals surface area contributed by atoms with Gasteiger partial charge >= 0.3 is 0 Å². The number of carbonyl (C=O) groups excluding carboxylic acids is 1. The van der Waals surface area contributed by atoms with E-state index in [1.54, 1.807) is 29.7 Å². The lowest BCUT2D eigenvalue weighted by atomic mass is 9.84. The van der Waals surface area contributed by atoms with E-state index in [0.29, 0.717) is 34.6 Å². The number of fused-ring (bicyclic) bond motifs is 1. The van der Waals surface area contributed by atoms with E-state index in [1.165, 1.54) is 0 Å². The summed E-state index contributed by atoms with van der Waals surface area (Å²) in [5, 5.41) is 0.523. The molecular formula is C28H37N3O3. The molecule has 0 N–H and O–H groups in total. The topological polar surface area (TPSA) is 64.4 Å². The first-order valence-corrected chi connectivity index (χ1v) is 11.9. The molecule has 0 saturated heterocycles. The van der Waals surface area contributed by atoms with Crippen molar-refractivity contribution in [1.82, 2.24) is 14.5 Å². The van der Waals surface area contributed by atoms with Gasteiger partial charge in [-0.1, -0.05) is 45.9 Å². The predicted molar refractivity (Wildman–Crippen MR) is 138 cm³/mol. The molecule has 0 fully saturated rings. The van der Waals surface area contributed by atoms with Gasteiger partial charge in [-0.2, -0.15) is 0 Å². The fourth-order valence-electron chi connectivity index (χ4n) is 4.59. The summed E-state index contributed by atoms with van der Waals surface area (Å²) in [7, 11) is 3.37. The van der Waals surface area contributed by atoms with Gasteiger partial charge in [-0.05, 0) is 61.4 Å². The van der Waals surface area contributed by atoms with Crippen LogP contribution in [0.4, 0.5) is 0 Å². The summed E-state index contributed by atoms with van der Waals surface area (Å²) in [6.07, 6.45) is 1.41. The first-order valence-electron chi connectivity index (χ1n) is 11.9. The smallest absolute Gasteiger partial charge is 0.266 e. The van der Waals surface area contributed by atoms with Gasteiger partial charge in [0.15, 0.2) is 0 Å². The van der Waals surface area contributed by atoms with E-state index in [9.17, 15) is 9.59 Å². The lowest BCUT2D eigenvalue weighted by molar-refractivity contribution is -0.133.